The van der Waals surface area contributed by atoms with E-state index in [1.165, 1.54) is 0 Å². The van der Waals surface area contributed by atoms with Gasteiger partial charge in [-0.15, -0.1) is 0 Å². The Kier molecular flexibility index (Phi) is 7.98. The SMILES string of the molecule is c1ccc(-c2cc3ccc(-n4c5ccccc5c5ccc6c7ccccc7n(-c7nc(-n8c9ccccc9c9ccccc98)nc(-n8c9ccccc9c9ccccc98)n7)c6c54)nc3c3ncccc23)cc1. The predicted octanol–water partition coefficient (Wildman–Crippen LogP) is 15.0. The maximum absolute atomic E-state index is 5.62. The maximum Gasteiger partial charge on any atom is 0.241 e. The van der Waals surface area contributed by atoms with Crippen LogP contribution in [0, 0.1) is 0 Å². The van der Waals surface area contributed by atoms with Crippen LogP contribution >= 0.6 is 0 Å². The highest BCUT2D eigenvalue weighted by Crippen LogP contribution is 2.43. The van der Waals surface area contributed by atoms with Crippen LogP contribution in [0.15, 0.2) is 225 Å². The molecule has 0 atom stereocenters. The number of nitrogens with zero attached hydrogens (tertiary/aromatic N) is 9. The molecule has 7 heterocycles. The highest BCUT2D eigenvalue weighted by molar-refractivity contribution is 6.24. The highest BCUT2D eigenvalue weighted by Gasteiger charge is 2.26. The normalized spacial score (nSPS) is 12.2. The lowest BCUT2D eigenvalue weighted by molar-refractivity contribution is 0.848. The zero-order chi connectivity index (χ0) is 47.0. The molecule has 9 nitrogen and oxygen atoms in total. The Labute approximate surface area is 409 Å². The summed E-state index contributed by atoms with van der Waals surface area (Å²) in [6.45, 7) is 0. The van der Waals surface area contributed by atoms with Gasteiger partial charge in [0.05, 0.1) is 55.2 Å². The Hall–Kier alpha value is -9.99. The average molecular weight is 920 g/mol. The Morgan fingerprint density at radius 3 is 1.19 bits per heavy atom. The Morgan fingerprint density at radius 2 is 0.681 bits per heavy atom. The second-order valence-corrected chi connectivity index (χ2v) is 18.5. The van der Waals surface area contributed by atoms with Crippen LogP contribution in [0.25, 0.3) is 144 Å². The minimum absolute atomic E-state index is 0.490. The van der Waals surface area contributed by atoms with Gasteiger partial charge in [-0.2, -0.15) is 15.0 Å². The van der Waals surface area contributed by atoms with E-state index < -0.39 is 0 Å². The minimum atomic E-state index is 0.490. The maximum atomic E-state index is 5.62. The number of pyridine rings is 2. The molecule has 0 saturated carbocycles. The van der Waals surface area contributed by atoms with Gasteiger partial charge in [-0.1, -0.05) is 158 Å². The van der Waals surface area contributed by atoms with Gasteiger partial charge in [0.25, 0.3) is 0 Å². The predicted molar refractivity (Wildman–Crippen MR) is 293 cm³/mol. The van der Waals surface area contributed by atoms with Gasteiger partial charge in [-0.05, 0) is 71.8 Å². The summed E-state index contributed by atoms with van der Waals surface area (Å²) in [4.78, 5) is 27.3. The number of benzene rings is 9. The first-order valence-electron chi connectivity index (χ1n) is 24.2. The molecule has 0 radical (unpaired) electrons. The van der Waals surface area contributed by atoms with E-state index in [2.05, 4.69) is 231 Å². The first-order chi connectivity index (χ1) is 35.7. The first-order valence-corrected chi connectivity index (χ1v) is 24.2. The van der Waals surface area contributed by atoms with Crippen molar-refractivity contribution in [2.75, 3.05) is 0 Å². The Morgan fingerprint density at radius 1 is 0.278 bits per heavy atom. The molecule has 0 unspecified atom stereocenters. The molecule has 0 aliphatic rings. The van der Waals surface area contributed by atoms with Crippen molar-refractivity contribution in [3.8, 4) is 34.8 Å². The van der Waals surface area contributed by atoms with Crippen LogP contribution in [-0.2, 0) is 0 Å². The quantitative estimate of drug-likeness (QED) is 0.161. The van der Waals surface area contributed by atoms with E-state index >= 15 is 0 Å². The van der Waals surface area contributed by atoms with Crippen LogP contribution in [0.1, 0.15) is 0 Å². The fraction of sp³-hybridized carbons (Fsp3) is 0. The molecule has 0 amide bonds. The molecule has 9 aromatic carbocycles. The van der Waals surface area contributed by atoms with Crippen molar-refractivity contribution in [1.29, 1.82) is 0 Å². The molecule has 0 spiro atoms. The molecule has 72 heavy (non-hydrogen) atoms. The van der Waals surface area contributed by atoms with Gasteiger partial charge in [0.15, 0.2) is 0 Å². The number of fused-ring (bicyclic) bond motifs is 16. The summed E-state index contributed by atoms with van der Waals surface area (Å²) in [6, 6.07) is 77.0. The van der Waals surface area contributed by atoms with E-state index in [9.17, 15) is 0 Å². The molecular formula is C63H37N9. The van der Waals surface area contributed by atoms with Crippen LogP contribution in [0.4, 0.5) is 0 Å². The molecular weight excluding hydrogens is 883 g/mol. The summed E-state index contributed by atoms with van der Waals surface area (Å²) in [6.07, 6.45) is 1.86. The third-order valence-electron chi connectivity index (χ3n) is 14.7. The lowest BCUT2D eigenvalue weighted by Gasteiger charge is -2.15. The minimum Gasteiger partial charge on any atom is -0.292 e. The number of hydrogen-bond acceptors (Lipinski definition) is 5. The van der Waals surface area contributed by atoms with Gasteiger partial charge < -0.3 is 0 Å². The molecule has 0 fully saturated rings. The van der Waals surface area contributed by atoms with E-state index in [1.54, 1.807) is 0 Å². The number of para-hydroxylation sites is 6. The van der Waals surface area contributed by atoms with Crippen LogP contribution < -0.4 is 0 Å². The summed E-state index contributed by atoms with van der Waals surface area (Å²) >= 11 is 0. The van der Waals surface area contributed by atoms with Gasteiger partial charge in [0, 0.05) is 60.1 Å². The van der Waals surface area contributed by atoms with Gasteiger partial charge in [0.1, 0.15) is 5.82 Å². The summed E-state index contributed by atoms with van der Waals surface area (Å²) in [5, 5.41) is 10.9. The number of hydrogen-bond donors (Lipinski definition) is 0. The summed E-state index contributed by atoms with van der Waals surface area (Å²) < 4.78 is 8.95. The van der Waals surface area contributed by atoms with E-state index in [1.807, 2.05) is 12.3 Å². The molecule has 0 N–H and O–H groups in total. The van der Waals surface area contributed by atoms with Crippen LogP contribution in [-0.4, -0.2) is 43.2 Å². The summed E-state index contributed by atoms with van der Waals surface area (Å²) in [7, 11) is 0. The molecule has 334 valence electrons. The molecule has 0 saturated heterocycles. The number of rotatable bonds is 5. The Bertz CT molecular complexity index is 4700. The van der Waals surface area contributed by atoms with E-state index in [0.717, 1.165) is 126 Å². The Balaban J connectivity index is 1.05. The van der Waals surface area contributed by atoms with Gasteiger partial charge >= 0.3 is 0 Å². The summed E-state index contributed by atoms with van der Waals surface area (Å²) in [5.74, 6) is 2.30. The fourth-order valence-electron chi connectivity index (χ4n) is 11.7. The molecule has 0 bridgehead atoms. The lowest BCUT2D eigenvalue weighted by atomic mass is 9.98. The molecule has 16 rings (SSSR count). The number of aromatic nitrogens is 9. The lowest BCUT2D eigenvalue weighted by Crippen LogP contribution is -2.13. The van der Waals surface area contributed by atoms with Crippen LogP contribution in [0.2, 0.25) is 0 Å². The molecule has 16 aromatic rings. The van der Waals surface area contributed by atoms with Crippen molar-refractivity contribution in [2.24, 2.45) is 0 Å². The van der Waals surface area contributed by atoms with Gasteiger partial charge in [0.2, 0.25) is 17.8 Å². The monoisotopic (exact) mass is 919 g/mol. The van der Waals surface area contributed by atoms with Gasteiger partial charge in [-0.25, -0.2) is 4.98 Å². The molecule has 0 aliphatic carbocycles. The smallest absolute Gasteiger partial charge is 0.241 e. The second kappa shape index (κ2) is 14.8. The van der Waals surface area contributed by atoms with Crippen molar-refractivity contribution >= 4 is 109 Å². The zero-order valence-corrected chi connectivity index (χ0v) is 38.4. The largest absolute Gasteiger partial charge is 0.292 e. The standard InChI is InChI=1S/C63H37N9/c1-2-17-38(18-3-1)49-37-39-32-35-56(65-57(39)58-46(49)25-16-36-64-58)71-54-30-14-8-23-44(54)47-33-34-48-45-24-9-15-31-55(45)72(60(48)59(47)71)63-67-61(69-50-26-10-4-19-40(50)41-20-5-11-27-51(41)69)66-62(68-63)70-52-28-12-6-21-42(52)43-22-7-13-29-53(43)70/h1-37H. The zero-order valence-electron chi connectivity index (χ0n) is 38.4. The molecule has 0 aliphatic heterocycles. The van der Waals surface area contributed by atoms with E-state index in [0.29, 0.717) is 17.8 Å². The van der Waals surface area contributed by atoms with Crippen molar-refractivity contribution < 1.29 is 0 Å². The van der Waals surface area contributed by atoms with Crippen molar-refractivity contribution in [2.45, 2.75) is 0 Å². The van der Waals surface area contributed by atoms with Crippen LogP contribution in [0.3, 0.4) is 0 Å². The third kappa shape index (κ3) is 5.38. The third-order valence-corrected chi connectivity index (χ3v) is 14.7. The molecule has 7 aromatic heterocycles. The van der Waals surface area contributed by atoms with Crippen LogP contribution in [0.5, 0.6) is 0 Å². The highest BCUT2D eigenvalue weighted by atomic mass is 15.3. The first kappa shape index (κ1) is 38.9. The van der Waals surface area contributed by atoms with Crippen molar-refractivity contribution in [3.05, 3.63) is 225 Å². The molecule has 9 heteroatoms. The van der Waals surface area contributed by atoms with Crippen molar-refractivity contribution in [3.63, 3.8) is 0 Å². The fourth-order valence-corrected chi connectivity index (χ4v) is 11.7. The second-order valence-electron chi connectivity index (χ2n) is 18.5. The van der Waals surface area contributed by atoms with E-state index in [4.69, 9.17) is 24.9 Å². The van der Waals surface area contributed by atoms with E-state index in [-0.39, 0.29) is 0 Å². The van der Waals surface area contributed by atoms with Crippen molar-refractivity contribution in [1.82, 2.24) is 43.2 Å². The average Bonchev–Trinajstić information content (AvgIpc) is 4.18. The topological polar surface area (TPSA) is 84.2 Å². The summed E-state index contributed by atoms with van der Waals surface area (Å²) in [5.41, 5.74) is 12.0. The van der Waals surface area contributed by atoms with Gasteiger partial charge in [-0.3, -0.25) is 23.3 Å².